The molecule has 0 heterocycles. The van der Waals surface area contributed by atoms with E-state index in [1.54, 1.807) is 6.07 Å². The van der Waals surface area contributed by atoms with Crippen molar-refractivity contribution < 1.29 is 17.9 Å². The third-order valence-electron chi connectivity index (χ3n) is 2.89. The summed E-state index contributed by atoms with van der Waals surface area (Å²) in [5, 5.41) is 2.77. The van der Waals surface area contributed by atoms with Gasteiger partial charge in [-0.05, 0) is 45.3 Å². The van der Waals surface area contributed by atoms with Crippen LogP contribution in [0, 0.1) is 0 Å². The molecule has 0 aliphatic heterocycles. The standard InChI is InChI=1S/C14H22N2O4S/c1-16(2)9-5-8-15-14(17)11-6-7-12(20-3)13(10-11)21(4,18)19/h6-7,10H,5,8-9H2,1-4H3,(H,15,17). The Hall–Kier alpha value is -1.60. The van der Waals surface area contributed by atoms with Crippen molar-refractivity contribution in [1.29, 1.82) is 0 Å². The first-order valence-corrected chi connectivity index (χ1v) is 8.46. The van der Waals surface area contributed by atoms with Gasteiger partial charge >= 0.3 is 0 Å². The first-order chi connectivity index (χ1) is 9.75. The SMILES string of the molecule is COc1ccc(C(=O)NCCCN(C)C)cc1S(C)(=O)=O. The molecule has 1 rings (SSSR count). The number of hydrogen-bond donors (Lipinski definition) is 1. The summed E-state index contributed by atoms with van der Waals surface area (Å²) >= 11 is 0. The van der Waals surface area contributed by atoms with E-state index in [1.807, 2.05) is 19.0 Å². The van der Waals surface area contributed by atoms with Crippen molar-refractivity contribution in [1.82, 2.24) is 10.2 Å². The van der Waals surface area contributed by atoms with Crippen LogP contribution in [-0.2, 0) is 9.84 Å². The molecule has 1 amide bonds. The van der Waals surface area contributed by atoms with E-state index >= 15 is 0 Å². The van der Waals surface area contributed by atoms with Crippen LogP contribution in [0.5, 0.6) is 5.75 Å². The third kappa shape index (κ3) is 5.35. The lowest BCUT2D eigenvalue weighted by Gasteiger charge is -2.11. The first-order valence-electron chi connectivity index (χ1n) is 6.56. The van der Waals surface area contributed by atoms with Crippen LogP contribution in [0.4, 0.5) is 0 Å². The highest BCUT2D eigenvalue weighted by atomic mass is 32.2. The molecule has 0 fully saturated rings. The van der Waals surface area contributed by atoms with Gasteiger partial charge in [0.2, 0.25) is 0 Å². The van der Waals surface area contributed by atoms with E-state index in [0.717, 1.165) is 19.2 Å². The Labute approximate surface area is 126 Å². The highest BCUT2D eigenvalue weighted by Crippen LogP contribution is 2.24. The third-order valence-corrected chi connectivity index (χ3v) is 4.01. The van der Waals surface area contributed by atoms with E-state index in [9.17, 15) is 13.2 Å². The van der Waals surface area contributed by atoms with Gasteiger partial charge < -0.3 is 15.0 Å². The van der Waals surface area contributed by atoms with Crippen LogP contribution in [0.15, 0.2) is 23.1 Å². The second-order valence-electron chi connectivity index (χ2n) is 5.05. The number of amides is 1. The van der Waals surface area contributed by atoms with E-state index in [1.165, 1.54) is 19.2 Å². The van der Waals surface area contributed by atoms with Crippen LogP contribution >= 0.6 is 0 Å². The normalized spacial score (nSPS) is 11.5. The van der Waals surface area contributed by atoms with E-state index in [-0.39, 0.29) is 16.6 Å². The number of carbonyl (C=O) groups is 1. The maximum absolute atomic E-state index is 12.0. The fourth-order valence-corrected chi connectivity index (χ4v) is 2.66. The van der Waals surface area contributed by atoms with Crippen molar-refractivity contribution in [3.8, 4) is 5.75 Å². The minimum Gasteiger partial charge on any atom is -0.495 e. The smallest absolute Gasteiger partial charge is 0.251 e. The zero-order valence-corrected chi connectivity index (χ0v) is 13.7. The van der Waals surface area contributed by atoms with Crippen molar-refractivity contribution in [2.75, 3.05) is 40.6 Å². The molecule has 0 bridgehead atoms. The molecule has 1 aromatic rings. The number of hydrogen-bond acceptors (Lipinski definition) is 5. The largest absolute Gasteiger partial charge is 0.495 e. The number of ether oxygens (including phenoxy) is 1. The fraction of sp³-hybridized carbons (Fsp3) is 0.500. The van der Waals surface area contributed by atoms with Gasteiger partial charge in [-0.2, -0.15) is 0 Å². The number of benzene rings is 1. The van der Waals surface area contributed by atoms with Gasteiger partial charge in [0.15, 0.2) is 9.84 Å². The first kappa shape index (κ1) is 17.5. The maximum Gasteiger partial charge on any atom is 0.251 e. The van der Waals surface area contributed by atoms with Gasteiger partial charge in [-0.15, -0.1) is 0 Å². The Bertz CT molecular complexity index is 597. The number of rotatable bonds is 7. The lowest BCUT2D eigenvalue weighted by molar-refractivity contribution is 0.0952. The molecule has 21 heavy (non-hydrogen) atoms. The van der Waals surface area contributed by atoms with Crippen LogP contribution in [0.3, 0.4) is 0 Å². The molecule has 0 spiro atoms. The second-order valence-corrected chi connectivity index (χ2v) is 7.03. The highest BCUT2D eigenvalue weighted by Gasteiger charge is 2.17. The van der Waals surface area contributed by atoms with E-state index in [4.69, 9.17) is 4.74 Å². The van der Waals surface area contributed by atoms with Crippen LogP contribution < -0.4 is 10.1 Å². The predicted octanol–water partition coefficient (Wildman–Crippen LogP) is 0.780. The van der Waals surface area contributed by atoms with Crippen molar-refractivity contribution in [3.63, 3.8) is 0 Å². The number of nitrogens with zero attached hydrogens (tertiary/aromatic N) is 1. The molecule has 0 saturated carbocycles. The van der Waals surface area contributed by atoms with Gasteiger partial charge in [0.05, 0.1) is 7.11 Å². The summed E-state index contributed by atoms with van der Waals surface area (Å²) in [6.07, 6.45) is 1.91. The average Bonchev–Trinajstić information content (AvgIpc) is 2.41. The summed E-state index contributed by atoms with van der Waals surface area (Å²) in [5.74, 6) is -0.0528. The van der Waals surface area contributed by atoms with Gasteiger partial charge in [0.25, 0.3) is 5.91 Å². The van der Waals surface area contributed by atoms with Crippen LogP contribution in [0.2, 0.25) is 0 Å². The monoisotopic (exact) mass is 314 g/mol. The molecule has 0 aromatic heterocycles. The van der Waals surface area contributed by atoms with Gasteiger partial charge in [0.1, 0.15) is 10.6 Å². The van der Waals surface area contributed by atoms with E-state index in [2.05, 4.69) is 5.32 Å². The summed E-state index contributed by atoms with van der Waals surface area (Å²) in [6.45, 7) is 1.41. The number of methoxy groups -OCH3 is 1. The Balaban J connectivity index is 2.82. The van der Waals surface area contributed by atoms with Gasteiger partial charge in [-0.25, -0.2) is 8.42 Å². The fourth-order valence-electron chi connectivity index (χ4n) is 1.81. The molecule has 0 aliphatic carbocycles. The molecule has 1 N–H and O–H groups in total. The molecule has 7 heteroatoms. The summed E-state index contributed by atoms with van der Waals surface area (Å²) in [5.41, 5.74) is 0.307. The van der Waals surface area contributed by atoms with Gasteiger partial charge in [0, 0.05) is 18.4 Å². The number of sulfone groups is 1. The van der Waals surface area contributed by atoms with Gasteiger partial charge in [-0.1, -0.05) is 0 Å². The van der Waals surface area contributed by atoms with E-state index in [0.29, 0.717) is 12.1 Å². The minimum absolute atomic E-state index is 0.0194. The molecule has 6 nitrogen and oxygen atoms in total. The quantitative estimate of drug-likeness (QED) is 0.753. The average molecular weight is 314 g/mol. The van der Waals surface area contributed by atoms with Crippen LogP contribution in [-0.4, -0.2) is 59.8 Å². The molecule has 0 saturated heterocycles. The topological polar surface area (TPSA) is 75.7 Å². The van der Waals surface area contributed by atoms with Crippen molar-refractivity contribution in [2.45, 2.75) is 11.3 Å². The Morgan fingerprint density at radius 2 is 2.00 bits per heavy atom. The second kappa shape index (κ2) is 7.42. The summed E-state index contributed by atoms with van der Waals surface area (Å²) < 4.78 is 28.4. The molecule has 118 valence electrons. The number of carbonyl (C=O) groups excluding carboxylic acids is 1. The van der Waals surface area contributed by atoms with Crippen molar-refractivity contribution in [2.24, 2.45) is 0 Å². The number of nitrogens with one attached hydrogen (secondary N) is 1. The maximum atomic E-state index is 12.0. The molecule has 0 atom stereocenters. The molecular formula is C14H22N2O4S. The Kier molecular flexibility index (Phi) is 6.17. The molecule has 0 aliphatic rings. The lowest BCUT2D eigenvalue weighted by atomic mass is 10.2. The van der Waals surface area contributed by atoms with Crippen molar-refractivity contribution >= 4 is 15.7 Å². The Morgan fingerprint density at radius 3 is 2.52 bits per heavy atom. The highest BCUT2D eigenvalue weighted by molar-refractivity contribution is 7.90. The van der Waals surface area contributed by atoms with Crippen LogP contribution in [0.1, 0.15) is 16.8 Å². The lowest BCUT2D eigenvalue weighted by Crippen LogP contribution is -2.27. The summed E-state index contributed by atoms with van der Waals surface area (Å²) in [6, 6.07) is 4.38. The minimum atomic E-state index is -3.45. The summed E-state index contributed by atoms with van der Waals surface area (Å²) in [7, 11) is 1.87. The van der Waals surface area contributed by atoms with Crippen LogP contribution in [0.25, 0.3) is 0 Å². The zero-order valence-electron chi connectivity index (χ0n) is 12.8. The van der Waals surface area contributed by atoms with Crippen molar-refractivity contribution in [3.05, 3.63) is 23.8 Å². The van der Waals surface area contributed by atoms with E-state index < -0.39 is 9.84 Å². The zero-order chi connectivity index (χ0) is 16.0. The molecule has 0 unspecified atom stereocenters. The predicted molar refractivity (Wildman–Crippen MR) is 81.6 cm³/mol. The van der Waals surface area contributed by atoms with Gasteiger partial charge in [-0.3, -0.25) is 4.79 Å². The molecule has 0 radical (unpaired) electrons. The Morgan fingerprint density at radius 1 is 1.33 bits per heavy atom. The summed E-state index contributed by atoms with van der Waals surface area (Å²) in [4.78, 5) is 14.1. The molecular weight excluding hydrogens is 292 g/mol. The molecule has 1 aromatic carbocycles.